The van der Waals surface area contributed by atoms with Crippen molar-refractivity contribution in [3.05, 3.63) is 35.4 Å². The highest BCUT2D eigenvalue weighted by Gasteiger charge is 2.24. The fourth-order valence-electron chi connectivity index (χ4n) is 2.81. The van der Waals surface area contributed by atoms with E-state index in [9.17, 15) is 0 Å². The number of morpholine rings is 1. The van der Waals surface area contributed by atoms with Gasteiger partial charge in [0.1, 0.15) is 0 Å². The maximum Gasteiger partial charge on any atom is 0.0678 e. The van der Waals surface area contributed by atoms with Crippen LogP contribution in [-0.2, 0) is 4.74 Å². The first-order valence-electron chi connectivity index (χ1n) is 6.75. The summed E-state index contributed by atoms with van der Waals surface area (Å²) in [6.45, 7) is 9.24. The summed E-state index contributed by atoms with van der Waals surface area (Å²) >= 11 is 0. The molecule has 1 fully saturated rings. The molecule has 0 spiro atoms. The fourth-order valence-corrected chi connectivity index (χ4v) is 2.81. The molecule has 0 saturated carbocycles. The molecule has 0 amide bonds. The van der Waals surface area contributed by atoms with Gasteiger partial charge in [-0.2, -0.15) is 0 Å². The van der Waals surface area contributed by atoms with Crippen molar-refractivity contribution < 1.29 is 4.74 Å². The number of benzene rings is 1. The Morgan fingerprint density at radius 3 is 2.50 bits per heavy atom. The van der Waals surface area contributed by atoms with E-state index in [1.54, 1.807) is 0 Å². The van der Waals surface area contributed by atoms with E-state index in [4.69, 9.17) is 10.5 Å². The largest absolute Gasteiger partial charge is 0.373 e. The number of nitrogens with two attached hydrogens (primary N) is 1. The number of ether oxygens (including phenoxy) is 1. The number of aryl methyl sites for hydroxylation is 1. The molecule has 0 bridgehead atoms. The van der Waals surface area contributed by atoms with Crippen molar-refractivity contribution >= 4 is 0 Å². The Hall–Kier alpha value is -0.900. The van der Waals surface area contributed by atoms with Gasteiger partial charge in [-0.25, -0.2) is 0 Å². The third-order valence-corrected chi connectivity index (χ3v) is 3.54. The molecule has 3 atom stereocenters. The average Bonchev–Trinajstić information content (AvgIpc) is 2.27. The van der Waals surface area contributed by atoms with Crippen molar-refractivity contribution in [2.75, 3.05) is 19.6 Å². The van der Waals surface area contributed by atoms with E-state index >= 15 is 0 Å². The molecule has 0 aromatic heterocycles. The summed E-state index contributed by atoms with van der Waals surface area (Å²) < 4.78 is 5.74. The van der Waals surface area contributed by atoms with E-state index in [1.807, 2.05) is 0 Å². The molecule has 1 aliphatic rings. The highest BCUT2D eigenvalue weighted by Crippen LogP contribution is 2.18. The van der Waals surface area contributed by atoms with Crippen LogP contribution in [0.2, 0.25) is 0 Å². The summed E-state index contributed by atoms with van der Waals surface area (Å²) in [5.74, 6) is 0. The van der Waals surface area contributed by atoms with E-state index in [-0.39, 0.29) is 6.04 Å². The smallest absolute Gasteiger partial charge is 0.0678 e. The zero-order chi connectivity index (χ0) is 13.1. The molecule has 0 aliphatic carbocycles. The van der Waals surface area contributed by atoms with E-state index in [0.717, 1.165) is 19.6 Å². The molecular formula is C15H24N2O. The first-order chi connectivity index (χ1) is 8.56. The molecule has 1 saturated heterocycles. The number of nitrogens with zero attached hydrogens (tertiary/aromatic N) is 1. The van der Waals surface area contributed by atoms with Crippen LogP contribution in [0.25, 0.3) is 0 Å². The van der Waals surface area contributed by atoms with Gasteiger partial charge in [0.15, 0.2) is 0 Å². The van der Waals surface area contributed by atoms with Gasteiger partial charge >= 0.3 is 0 Å². The Labute approximate surface area is 110 Å². The third-order valence-electron chi connectivity index (χ3n) is 3.54. The van der Waals surface area contributed by atoms with Gasteiger partial charge in [-0.05, 0) is 31.9 Å². The molecule has 3 heteroatoms. The van der Waals surface area contributed by atoms with Crippen LogP contribution in [0.15, 0.2) is 24.3 Å². The van der Waals surface area contributed by atoms with Crippen LogP contribution in [0.1, 0.15) is 31.0 Å². The van der Waals surface area contributed by atoms with Crippen molar-refractivity contribution in [3.8, 4) is 0 Å². The van der Waals surface area contributed by atoms with Crippen molar-refractivity contribution in [1.82, 2.24) is 4.90 Å². The van der Waals surface area contributed by atoms with Crippen molar-refractivity contribution in [1.29, 1.82) is 0 Å². The third kappa shape index (κ3) is 3.31. The van der Waals surface area contributed by atoms with Gasteiger partial charge in [-0.3, -0.25) is 4.90 Å². The topological polar surface area (TPSA) is 38.5 Å². The maximum absolute atomic E-state index is 6.34. The molecule has 100 valence electrons. The van der Waals surface area contributed by atoms with Crippen LogP contribution in [0, 0.1) is 6.92 Å². The first kappa shape index (κ1) is 13.5. The van der Waals surface area contributed by atoms with Crippen molar-refractivity contribution in [3.63, 3.8) is 0 Å². The Morgan fingerprint density at radius 2 is 1.89 bits per heavy atom. The Bertz CT molecular complexity index is 384. The number of hydrogen-bond donors (Lipinski definition) is 1. The Morgan fingerprint density at radius 1 is 1.28 bits per heavy atom. The molecule has 1 aromatic rings. The molecule has 0 radical (unpaired) electrons. The van der Waals surface area contributed by atoms with E-state index < -0.39 is 0 Å². The van der Waals surface area contributed by atoms with Crippen LogP contribution in [0.4, 0.5) is 0 Å². The fraction of sp³-hybridized carbons (Fsp3) is 0.600. The summed E-state index contributed by atoms with van der Waals surface area (Å²) in [6, 6.07) is 8.47. The van der Waals surface area contributed by atoms with Crippen LogP contribution >= 0.6 is 0 Å². The summed E-state index contributed by atoms with van der Waals surface area (Å²) in [7, 11) is 0. The van der Waals surface area contributed by atoms with Crippen LogP contribution in [0.3, 0.4) is 0 Å². The van der Waals surface area contributed by atoms with Crippen LogP contribution in [-0.4, -0.2) is 36.7 Å². The minimum Gasteiger partial charge on any atom is -0.373 e. The predicted octanol–water partition coefficient (Wildman–Crippen LogP) is 2.10. The van der Waals surface area contributed by atoms with Gasteiger partial charge in [0.05, 0.1) is 12.2 Å². The van der Waals surface area contributed by atoms with E-state index in [2.05, 4.69) is 49.9 Å². The highest BCUT2D eigenvalue weighted by atomic mass is 16.5. The monoisotopic (exact) mass is 248 g/mol. The summed E-state index contributed by atoms with van der Waals surface area (Å²) in [6.07, 6.45) is 0.607. The number of rotatable bonds is 3. The van der Waals surface area contributed by atoms with Gasteiger partial charge in [0.2, 0.25) is 0 Å². The lowest BCUT2D eigenvalue weighted by Crippen LogP contribution is -2.47. The van der Waals surface area contributed by atoms with Gasteiger partial charge in [0, 0.05) is 25.7 Å². The molecule has 1 unspecified atom stereocenters. The predicted molar refractivity (Wildman–Crippen MR) is 74.6 cm³/mol. The molecule has 1 aliphatic heterocycles. The second kappa shape index (κ2) is 5.83. The Balaban J connectivity index is 1.99. The molecule has 2 N–H and O–H groups in total. The van der Waals surface area contributed by atoms with Crippen LogP contribution < -0.4 is 5.73 Å². The minimum atomic E-state index is 0.0868. The van der Waals surface area contributed by atoms with Crippen LogP contribution in [0.5, 0.6) is 0 Å². The normalized spacial score (nSPS) is 27.1. The molecule has 1 aromatic carbocycles. The Kier molecular flexibility index (Phi) is 4.38. The summed E-state index contributed by atoms with van der Waals surface area (Å²) in [5.41, 5.74) is 8.87. The lowest BCUT2D eigenvalue weighted by molar-refractivity contribution is -0.0691. The van der Waals surface area contributed by atoms with Gasteiger partial charge in [0.25, 0.3) is 0 Å². The zero-order valence-electron chi connectivity index (χ0n) is 11.6. The zero-order valence-corrected chi connectivity index (χ0v) is 11.6. The SMILES string of the molecule is Cc1ccccc1C(N)CN1C[C@@H](C)O[C@@H](C)C1. The standard InChI is InChI=1S/C15H24N2O/c1-11-6-4-5-7-14(11)15(16)10-17-8-12(2)18-13(3)9-17/h4-7,12-13,15H,8-10,16H2,1-3H3/t12-,13+,15?. The average molecular weight is 248 g/mol. The maximum atomic E-state index is 6.34. The first-order valence-corrected chi connectivity index (χ1v) is 6.75. The summed E-state index contributed by atoms with van der Waals surface area (Å²) in [5, 5.41) is 0. The van der Waals surface area contributed by atoms with Gasteiger partial charge in [-0.1, -0.05) is 24.3 Å². The van der Waals surface area contributed by atoms with E-state index in [0.29, 0.717) is 12.2 Å². The van der Waals surface area contributed by atoms with Gasteiger partial charge < -0.3 is 10.5 Å². The second-order valence-corrected chi connectivity index (χ2v) is 5.44. The molecular weight excluding hydrogens is 224 g/mol. The highest BCUT2D eigenvalue weighted by molar-refractivity contribution is 5.28. The molecule has 3 nitrogen and oxygen atoms in total. The lowest BCUT2D eigenvalue weighted by Gasteiger charge is -2.36. The summed E-state index contributed by atoms with van der Waals surface area (Å²) in [4.78, 5) is 2.41. The second-order valence-electron chi connectivity index (χ2n) is 5.44. The van der Waals surface area contributed by atoms with Gasteiger partial charge in [-0.15, -0.1) is 0 Å². The quantitative estimate of drug-likeness (QED) is 0.890. The minimum absolute atomic E-state index is 0.0868. The molecule has 1 heterocycles. The van der Waals surface area contributed by atoms with E-state index in [1.165, 1.54) is 11.1 Å². The molecule has 2 rings (SSSR count). The lowest BCUT2D eigenvalue weighted by atomic mass is 10.0. The van der Waals surface area contributed by atoms with Crippen molar-refractivity contribution in [2.45, 2.75) is 39.0 Å². The molecule has 18 heavy (non-hydrogen) atoms. The van der Waals surface area contributed by atoms with Crippen molar-refractivity contribution in [2.24, 2.45) is 5.73 Å². The number of hydrogen-bond acceptors (Lipinski definition) is 3.